The summed E-state index contributed by atoms with van der Waals surface area (Å²) in [5.41, 5.74) is 5.16. The Morgan fingerprint density at radius 2 is 2.10 bits per heavy atom. The Balaban J connectivity index is 1.26. The normalized spacial score (nSPS) is 19.7. The lowest BCUT2D eigenvalue weighted by Crippen LogP contribution is -2.17. The van der Waals surface area contributed by atoms with Gasteiger partial charge in [0.1, 0.15) is 11.6 Å². The van der Waals surface area contributed by atoms with Crippen LogP contribution in [0.5, 0.6) is 5.75 Å². The van der Waals surface area contributed by atoms with Crippen molar-refractivity contribution in [3.63, 3.8) is 0 Å². The molecule has 2 aromatic carbocycles. The van der Waals surface area contributed by atoms with E-state index in [1.807, 2.05) is 18.5 Å². The Hall–Kier alpha value is -3.15. The summed E-state index contributed by atoms with van der Waals surface area (Å²) in [6.45, 7) is 3.49. The number of hydrogen-bond acceptors (Lipinski definition) is 3. The molecule has 2 atom stereocenters. The van der Waals surface area contributed by atoms with Crippen LogP contribution >= 0.6 is 0 Å². The van der Waals surface area contributed by atoms with Gasteiger partial charge in [0, 0.05) is 41.7 Å². The average molecular weight is 405 g/mol. The van der Waals surface area contributed by atoms with Crippen molar-refractivity contribution in [3.05, 3.63) is 77.1 Å². The van der Waals surface area contributed by atoms with Crippen molar-refractivity contribution in [2.75, 3.05) is 11.9 Å². The van der Waals surface area contributed by atoms with E-state index < -0.39 is 0 Å². The zero-order valence-electron chi connectivity index (χ0n) is 16.9. The topological polar surface area (TPSA) is 56.2 Å². The van der Waals surface area contributed by atoms with Crippen molar-refractivity contribution in [1.82, 2.24) is 9.55 Å². The van der Waals surface area contributed by atoms with Crippen LogP contribution in [0.1, 0.15) is 53.6 Å². The maximum Gasteiger partial charge on any atom is 0.225 e. The molecule has 0 spiro atoms. The Morgan fingerprint density at radius 1 is 1.27 bits per heavy atom. The molecule has 3 aromatic rings. The first-order chi connectivity index (χ1) is 14.6. The van der Waals surface area contributed by atoms with Gasteiger partial charge in [-0.25, -0.2) is 9.37 Å². The molecular weight excluding hydrogens is 381 g/mol. The molecule has 0 aliphatic carbocycles. The number of ether oxygens (including phenoxy) is 1. The molecule has 1 aromatic heterocycles. The third kappa shape index (κ3) is 3.47. The van der Waals surface area contributed by atoms with Crippen molar-refractivity contribution in [2.24, 2.45) is 0 Å². The van der Waals surface area contributed by atoms with Crippen molar-refractivity contribution in [1.29, 1.82) is 0 Å². The van der Waals surface area contributed by atoms with Gasteiger partial charge >= 0.3 is 0 Å². The minimum atomic E-state index is -0.306. The van der Waals surface area contributed by atoms with E-state index in [1.165, 1.54) is 23.4 Å². The second-order valence-electron chi connectivity index (χ2n) is 8.17. The van der Waals surface area contributed by atoms with Gasteiger partial charge in [-0.1, -0.05) is 12.1 Å². The van der Waals surface area contributed by atoms with Crippen LogP contribution in [0.3, 0.4) is 0 Å². The molecule has 1 amide bonds. The maximum atomic E-state index is 13.5. The van der Waals surface area contributed by atoms with Gasteiger partial charge in [0.15, 0.2) is 0 Å². The largest absolute Gasteiger partial charge is 0.493 e. The molecule has 6 heteroatoms. The molecule has 2 aliphatic rings. The number of aromatic nitrogens is 2. The van der Waals surface area contributed by atoms with Crippen LogP contribution in [0, 0.1) is 12.7 Å². The van der Waals surface area contributed by atoms with E-state index in [0.29, 0.717) is 18.3 Å². The molecule has 0 bridgehead atoms. The van der Waals surface area contributed by atoms with Crippen molar-refractivity contribution < 1.29 is 13.9 Å². The minimum absolute atomic E-state index is 0.0972. The molecule has 0 unspecified atom stereocenters. The summed E-state index contributed by atoms with van der Waals surface area (Å²) >= 11 is 0. The minimum Gasteiger partial charge on any atom is -0.493 e. The lowest BCUT2D eigenvalue weighted by molar-refractivity contribution is -0.116. The summed E-state index contributed by atoms with van der Waals surface area (Å²) in [6.07, 6.45) is 4.44. The van der Waals surface area contributed by atoms with Crippen LogP contribution in [0.4, 0.5) is 10.1 Å². The number of halogens is 1. The Labute approximate surface area is 174 Å². The number of rotatable bonds is 4. The van der Waals surface area contributed by atoms with Crippen molar-refractivity contribution >= 4 is 11.6 Å². The highest BCUT2D eigenvalue weighted by atomic mass is 19.1. The highest BCUT2D eigenvalue weighted by Crippen LogP contribution is 2.37. The van der Waals surface area contributed by atoms with Crippen molar-refractivity contribution in [3.8, 4) is 5.75 Å². The molecule has 154 valence electrons. The van der Waals surface area contributed by atoms with E-state index in [1.54, 1.807) is 6.07 Å². The van der Waals surface area contributed by atoms with Crippen LogP contribution in [-0.2, 0) is 11.3 Å². The highest BCUT2D eigenvalue weighted by molar-refractivity contribution is 5.91. The van der Waals surface area contributed by atoms with Crippen molar-refractivity contribution in [2.45, 2.75) is 44.6 Å². The fourth-order valence-electron chi connectivity index (χ4n) is 4.70. The summed E-state index contributed by atoms with van der Waals surface area (Å²) in [4.78, 5) is 17.0. The molecule has 0 fully saturated rings. The summed E-state index contributed by atoms with van der Waals surface area (Å²) < 4.78 is 21.4. The number of hydrogen-bond donors (Lipinski definition) is 1. The Kier molecular flexibility index (Phi) is 4.77. The van der Waals surface area contributed by atoms with Gasteiger partial charge in [-0.05, 0) is 55.7 Å². The monoisotopic (exact) mass is 405 g/mol. The summed E-state index contributed by atoms with van der Waals surface area (Å²) in [7, 11) is 0. The summed E-state index contributed by atoms with van der Waals surface area (Å²) in [5, 5.41) is 2.96. The second-order valence-corrected chi connectivity index (χ2v) is 8.17. The highest BCUT2D eigenvalue weighted by Gasteiger charge is 2.27. The number of benzene rings is 2. The van der Waals surface area contributed by atoms with Gasteiger partial charge in [0.05, 0.1) is 18.6 Å². The second kappa shape index (κ2) is 7.59. The summed E-state index contributed by atoms with van der Waals surface area (Å²) in [5.74, 6) is 0.480. The zero-order chi connectivity index (χ0) is 20.7. The fourth-order valence-corrected chi connectivity index (χ4v) is 4.70. The third-order valence-corrected chi connectivity index (χ3v) is 6.17. The van der Waals surface area contributed by atoms with Gasteiger partial charge in [-0.2, -0.15) is 0 Å². The smallest absolute Gasteiger partial charge is 0.225 e. The molecule has 2 aliphatic heterocycles. The predicted octanol–water partition coefficient (Wildman–Crippen LogP) is 4.76. The summed E-state index contributed by atoms with van der Waals surface area (Å²) in [6, 6.07) is 12.6. The number of amides is 1. The van der Waals surface area contributed by atoms with Crippen LogP contribution in [0.25, 0.3) is 0 Å². The quantitative estimate of drug-likeness (QED) is 0.681. The molecule has 3 heterocycles. The fraction of sp³-hybridized carbons (Fsp3) is 0.333. The number of carbonyl (C=O) groups is 1. The molecule has 5 nitrogen and oxygen atoms in total. The molecule has 5 rings (SSSR count). The predicted molar refractivity (Wildman–Crippen MR) is 112 cm³/mol. The van der Waals surface area contributed by atoms with Crippen LogP contribution in [0.2, 0.25) is 0 Å². The SMILES string of the molecule is Cc1ncn2c1[C@H](c1ccc(NC(=O)C[C@H]3COc4ccc(F)cc43)cc1)CCC2. The van der Waals surface area contributed by atoms with Crippen LogP contribution in [0.15, 0.2) is 48.8 Å². The first kappa shape index (κ1) is 18.9. The van der Waals surface area contributed by atoms with E-state index in [9.17, 15) is 9.18 Å². The van der Waals surface area contributed by atoms with E-state index in [2.05, 4.69) is 33.9 Å². The number of anilines is 1. The van der Waals surface area contributed by atoms with Gasteiger partial charge in [-0.15, -0.1) is 0 Å². The first-order valence-electron chi connectivity index (χ1n) is 10.4. The molecular formula is C24H24FN3O2. The lowest BCUT2D eigenvalue weighted by Gasteiger charge is -2.25. The molecule has 0 saturated heterocycles. The molecule has 0 radical (unpaired) electrons. The van der Waals surface area contributed by atoms with E-state index >= 15 is 0 Å². The molecule has 0 saturated carbocycles. The number of imidazole rings is 1. The van der Waals surface area contributed by atoms with Crippen LogP contribution < -0.4 is 10.1 Å². The Morgan fingerprint density at radius 3 is 2.93 bits per heavy atom. The van der Waals surface area contributed by atoms with Gasteiger partial charge in [-0.3, -0.25) is 4.79 Å². The zero-order valence-corrected chi connectivity index (χ0v) is 16.9. The van der Waals surface area contributed by atoms with Gasteiger partial charge < -0.3 is 14.6 Å². The number of carbonyl (C=O) groups excluding carboxylic acids is 1. The van der Waals surface area contributed by atoms with Gasteiger partial charge in [0.25, 0.3) is 0 Å². The van der Waals surface area contributed by atoms with E-state index in [-0.39, 0.29) is 24.1 Å². The number of fused-ring (bicyclic) bond motifs is 2. The molecule has 1 N–H and O–H groups in total. The first-order valence-corrected chi connectivity index (χ1v) is 10.4. The molecule has 30 heavy (non-hydrogen) atoms. The standard InChI is InChI=1S/C24H24FN3O2/c1-15-24-20(3-2-10-28(24)14-26-15)16-4-7-19(8-5-16)27-23(29)11-17-13-30-22-9-6-18(25)12-21(17)22/h4-9,12,14,17,20H,2-3,10-11,13H2,1H3,(H,27,29)/t17-,20-/m0/s1. The number of aryl methyl sites for hydroxylation is 2. The van der Waals surface area contributed by atoms with Gasteiger partial charge in [0.2, 0.25) is 5.91 Å². The maximum absolute atomic E-state index is 13.5. The van der Waals surface area contributed by atoms with Crippen LogP contribution in [-0.4, -0.2) is 22.1 Å². The van der Waals surface area contributed by atoms with E-state index in [0.717, 1.165) is 36.3 Å². The van der Waals surface area contributed by atoms with E-state index in [4.69, 9.17) is 4.74 Å². The number of nitrogens with zero attached hydrogens (tertiary/aromatic N) is 2. The average Bonchev–Trinajstić information content (AvgIpc) is 3.32. The lowest BCUT2D eigenvalue weighted by atomic mass is 9.87. The third-order valence-electron chi connectivity index (χ3n) is 6.17. The Bertz CT molecular complexity index is 1090. The number of nitrogens with one attached hydrogen (secondary N) is 1.